The van der Waals surface area contributed by atoms with Crippen LogP contribution >= 0.6 is 0 Å². The molecule has 1 aliphatic rings. The van der Waals surface area contributed by atoms with Crippen molar-refractivity contribution in [2.75, 3.05) is 0 Å². The van der Waals surface area contributed by atoms with E-state index in [0.29, 0.717) is 6.42 Å². The molecule has 0 radical (unpaired) electrons. The van der Waals surface area contributed by atoms with E-state index in [1.807, 2.05) is 0 Å². The van der Waals surface area contributed by atoms with Gasteiger partial charge in [-0.3, -0.25) is 4.68 Å². The smallest absolute Gasteiger partial charge is 0.390 e. The number of hydrogen-bond acceptors (Lipinski definition) is 2. The first-order valence-corrected chi connectivity index (χ1v) is 6.05. The van der Waals surface area contributed by atoms with Gasteiger partial charge >= 0.3 is 6.18 Å². The van der Waals surface area contributed by atoms with Crippen LogP contribution in [-0.2, 0) is 13.5 Å². The molecule has 1 aliphatic carbocycles. The van der Waals surface area contributed by atoms with Crippen LogP contribution in [0.2, 0.25) is 0 Å². The molecule has 0 unspecified atom stereocenters. The fourth-order valence-electron chi connectivity index (χ4n) is 2.60. The second-order valence-electron chi connectivity index (χ2n) is 5.24. The first-order chi connectivity index (χ1) is 8.28. The van der Waals surface area contributed by atoms with Crippen LogP contribution in [-0.4, -0.2) is 26.7 Å². The summed E-state index contributed by atoms with van der Waals surface area (Å²) in [6.45, 7) is 0. The van der Waals surface area contributed by atoms with Crippen LogP contribution in [0.25, 0.3) is 0 Å². The van der Waals surface area contributed by atoms with Crippen molar-refractivity contribution in [2.24, 2.45) is 13.0 Å². The highest BCUT2D eigenvalue weighted by atomic mass is 19.4. The summed E-state index contributed by atoms with van der Waals surface area (Å²) in [5, 5.41) is 14.3. The van der Waals surface area contributed by atoms with Crippen molar-refractivity contribution in [3.8, 4) is 0 Å². The summed E-state index contributed by atoms with van der Waals surface area (Å²) in [5.74, 6) is -1.26. The van der Waals surface area contributed by atoms with Crippen molar-refractivity contribution in [1.29, 1.82) is 0 Å². The predicted molar refractivity (Wildman–Crippen MR) is 59.9 cm³/mol. The molecule has 0 amide bonds. The van der Waals surface area contributed by atoms with Crippen molar-refractivity contribution in [3.05, 3.63) is 18.0 Å². The van der Waals surface area contributed by atoms with E-state index in [1.165, 1.54) is 0 Å². The maximum atomic E-state index is 12.5. The van der Waals surface area contributed by atoms with Crippen LogP contribution in [0.15, 0.2) is 12.4 Å². The fraction of sp³-hybridized carbons (Fsp3) is 0.750. The average Bonchev–Trinajstić information content (AvgIpc) is 2.62. The van der Waals surface area contributed by atoms with E-state index >= 15 is 0 Å². The monoisotopic (exact) mass is 262 g/mol. The maximum Gasteiger partial charge on any atom is 0.391 e. The maximum absolute atomic E-state index is 12.5. The zero-order valence-electron chi connectivity index (χ0n) is 10.2. The minimum absolute atomic E-state index is 0.0141. The van der Waals surface area contributed by atoms with Crippen LogP contribution in [0.4, 0.5) is 13.2 Å². The molecule has 0 atom stereocenters. The zero-order chi connectivity index (χ0) is 13.4. The molecule has 0 bridgehead atoms. The van der Waals surface area contributed by atoms with Crippen LogP contribution in [0, 0.1) is 5.92 Å². The van der Waals surface area contributed by atoms with Gasteiger partial charge in [0.15, 0.2) is 0 Å². The number of hydrogen-bond donors (Lipinski definition) is 1. The molecule has 6 heteroatoms. The Balaban J connectivity index is 1.95. The van der Waals surface area contributed by atoms with Crippen molar-refractivity contribution in [2.45, 2.75) is 43.9 Å². The third-order valence-corrected chi connectivity index (χ3v) is 3.67. The molecule has 1 aromatic heterocycles. The van der Waals surface area contributed by atoms with Crippen molar-refractivity contribution in [1.82, 2.24) is 9.78 Å². The van der Waals surface area contributed by atoms with Gasteiger partial charge in [0.2, 0.25) is 0 Å². The van der Waals surface area contributed by atoms with Crippen molar-refractivity contribution < 1.29 is 18.3 Å². The Hall–Kier alpha value is -1.04. The standard InChI is InChI=1S/C12H17F3N2O/c1-17-8-9(7-16-17)6-11(18)4-2-10(3-5-11)12(13,14)15/h7-8,10,18H,2-6H2,1H3. The number of aromatic nitrogens is 2. The number of aliphatic hydroxyl groups is 1. The van der Waals surface area contributed by atoms with Crippen LogP contribution in [0.3, 0.4) is 0 Å². The number of halogens is 3. The lowest BCUT2D eigenvalue weighted by Gasteiger charge is -2.36. The van der Waals surface area contributed by atoms with Gasteiger partial charge in [-0.2, -0.15) is 18.3 Å². The third kappa shape index (κ3) is 3.04. The van der Waals surface area contributed by atoms with Gasteiger partial charge in [0.25, 0.3) is 0 Å². The summed E-state index contributed by atoms with van der Waals surface area (Å²) in [6, 6.07) is 0. The fourth-order valence-corrected chi connectivity index (χ4v) is 2.60. The number of alkyl halides is 3. The minimum atomic E-state index is -4.13. The normalized spacial score (nSPS) is 29.5. The van der Waals surface area contributed by atoms with Gasteiger partial charge in [0, 0.05) is 19.7 Å². The van der Waals surface area contributed by atoms with E-state index in [0.717, 1.165) is 5.56 Å². The summed E-state index contributed by atoms with van der Waals surface area (Å²) < 4.78 is 39.2. The van der Waals surface area contributed by atoms with Gasteiger partial charge in [-0.15, -0.1) is 0 Å². The molecule has 18 heavy (non-hydrogen) atoms. The van der Waals surface area contributed by atoms with Crippen molar-refractivity contribution in [3.63, 3.8) is 0 Å². The van der Waals surface area contributed by atoms with E-state index in [1.54, 1.807) is 24.1 Å². The Morgan fingerprint density at radius 3 is 2.50 bits per heavy atom. The van der Waals surface area contributed by atoms with E-state index in [9.17, 15) is 18.3 Å². The summed E-state index contributed by atoms with van der Waals surface area (Å²) in [4.78, 5) is 0. The average molecular weight is 262 g/mol. The summed E-state index contributed by atoms with van der Waals surface area (Å²) in [5.41, 5.74) is -0.143. The van der Waals surface area contributed by atoms with Crippen LogP contribution < -0.4 is 0 Å². The van der Waals surface area contributed by atoms with Gasteiger partial charge in [-0.05, 0) is 31.2 Å². The van der Waals surface area contributed by atoms with Crippen LogP contribution in [0.1, 0.15) is 31.2 Å². The summed E-state index contributed by atoms with van der Waals surface area (Å²) in [6.07, 6.45) is 0.112. The highest BCUT2D eigenvalue weighted by Gasteiger charge is 2.45. The molecule has 1 heterocycles. The first kappa shape index (κ1) is 13.4. The molecule has 0 saturated heterocycles. The Labute approximate surface area is 104 Å². The molecule has 102 valence electrons. The van der Waals surface area contributed by atoms with E-state index < -0.39 is 17.7 Å². The first-order valence-electron chi connectivity index (χ1n) is 6.05. The van der Waals surface area contributed by atoms with Gasteiger partial charge in [-0.25, -0.2) is 0 Å². The Kier molecular flexibility index (Phi) is 3.40. The van der Waals surface area contributed by atoms with Gasteiger partial charge in [0.05, 0.1) is 17.7 Å². The van der Waals surface area contributed by atoms with E-state index in [-0.39, 0.29) is 25.7 Å². The Morgan fingerprint density at radius 2 is 2.06 bits per heavy atom. The molecule has 0 spiro atoms. The van der Waals surface area contributed by atoms with Gasteiger partial charge in [-0.1, -0.05) is 0 Å². The van der Waals surface area contributed by atoms with Gasteiger partial charge in [0.1, 0.15) is 0 Å². The van der Waals surface area contributed by atoms with Crippen LogP contribution in [0.5, 0.6) is 0 Å². The number of rotatable bonds is 2. The van der Waals surface area contributed by atoms with Gasteiger partial charge < -0.3 is 5.11 Å². The number of nitrogens with zero attached hydrogens (tertiary/aromatic N) is 2. The molecule has 2 rings (SSSR count). The highest BCUT2D eigenvalue weighted by Crippen LogP contribution is 2.42. The highest BCUT2D eigenvalue weighted by molar-refractivity contribution is 5.09. The van der Waals surface area contributed by atoms with E-state index in [2.05, 4.69) is 5.10 Å². The molecule has 1 N–H and O–H groups in total. The molecular weight excluding hydrogens is 245 g/mol. The number of aryl methyl sites for hydroxylation is 1. The second-order valence-corrected chi connectivity index (χ2v) is 5.24. The lowest BCUT2D eigenvalue weighted by atomic mass is 9.76. The summed E-state index contributed by atoms with van der Waals surface area (Å²) >= 11 is 0. The molecule has 1 fully saturated rings. The quantitative estimate of drug-likeness (QED) is 0.889. The minimum Gasteiger partial charge on any atom is -0.390 e. The molecule has 1 aromatic rings. The van der Waals surface area contributed by atoms with Crippen molar-refractivity contribution >= 4 is 0 Å². The lowest BCUT2D eigenvalue weighted by Crippen LogP contribution is -2.39. The Morgan fingerprint density at radius 1 is 1.44 bits per heavy atom. The summed E-state index contributed by atoms with van der Waals surface area (Å²) in [7, 11) is 1.77. The molecule has 0 aromatic carbocycles. The lowest BCUT2D eigenvalue weighted by molar-refractivity contribution is -0.192. The third-order valence-electron chi connectivity index (χ3n) is 3.67. The molecular formula is C12H17F3N2O. The predicted octanol–water partition coefficient (Wildman–Crippen LogP) is 2.45. The SMILES string of the molecule is Cn1cc(CC2(O)CCC(C(F)(F)F)CC2)cn1. The topological polar surface area (TPSA) is 38.0 Å². The largest absolute Gasteiger partial charge is 0.391 e. The molecule has 0 aliphatic heterocycles. The zero-order valence-corrected chi connectivity index (χ0v) is 10.2. The van der Waals surface area contributed by atoms with E-state index in [4.69, 9.17) is 0 Å². The second kappa shape index (κ2) is 4.57. The molecule has 3 nitrogen and oxygen atoms in total. The Bertz CT molecular complexity index is 406. The molecule has 1 saturated carbocycles.